The van der Waals surface area contributed by atoms with Gasteiger partial charge in [0.05, 0.1) is 24.3 Å². The van der Waals surface area contributed by atoms with E-state index in [-0.39, 0.29) is 41.7 Å². The molecule has 2 amide bonds. The number of hydrogen-bond acceptors (Lipinski definition) is 4. The van der Waals surface area contributed by atoms with Crippen LogP contribution in [0.25, 0.3) is 11.1 Å². The monoisotopic (exact) mass is 712 g/mol. The topological polar surface area (TPSA) is 89.9 Å². The quantitative estimate of drug-likeness (QED) is 0.152. The van der Waals surface area contributed by atoms with E-state index in [2.05, 4.69) is 56.4 Å². The van der Waals surface area contributed by atoms with Gasteiger partial charge in [-0.05, 0) is 92.2 Å². The van der Waals surface area contributed by atoms with Crippen LogP contribution in [0.15, 0.2) is 109 Å². The van der Waals surface area contributed by atoms with E-state index >= 15 is 4.79 Å². The molecule has 9 rings (SSSR count). The summed E-state index contributed by atoms with van der Waals surface area (Å²) in [6.45, 7) is 9.55. The lowest BCUT2D eigenvalue weighted by Crippen LogP contribution is -2.67. The minimum atomic E-state index is -1.13. The van der Waals surface area contributed by atoms with Gasteiger partial charge in [-0.2, -0.15) is 0 Å². The zero-order valence-corrected chi connectivity index (χ0v) is 31.9. The summed E-state index contributed by atoms with van der Waals surface area (Å²) in [7, 11) is 0. The van der Waals surface area contributed by atoms with Crippen molar-refractivity contribution in [3.05, 3.63) is 120 Å². The van der Waals surface area contributed by atoms with Crippen molar-refractivity contribution in [2.75, 3.05) is 13.1 Å². The molecule has 0 aromatic heterocycles. The lowest BCUT2D eigenvalue weighted by Gasteiger charge is -2.71. The predicted octanol–water partition coefficient (Wildman–Crippen LogP) is 9.31. The Kier molecular flexibility index (Phi) is 8.89. The lowest BCUT2D eigenvalue weighted by atomic mass is 9.32. The van der Waals surface area contributed by atoms with Crippen LogP contribution in [-0.4, -0.2) is 51.7 Å². The summed E-state index contributed by atoms with van der Waals surface area (Å²) in [6, 6.07) is 27.8. The molecule has 3 aromatic rings. The van der Waals surface area contributed by atoms with Gasteiger partial charge >= 0.3 is 6.03 Å². The molecule has 1 unspecified atom stereocenters. The Labute approximate surface area is 315 Å². The molecule has 278 valence electrons. The van der Waals surface area contributed by atoms with Gasteiger partial charge in [0.25, 0.3) is 0 Å². The highest BCUT2D eigenvalue weighted by Crippen LogP contribution is 2.78. The summed E-state index contributed by atoms with van der Waals surface area (Å²) in [5.41, 5.74) is 1.77. The van der Waals surface area contributed by atoms with Gasteiger partial charge < -0.3 is 20.4 Å². The van der Waals surface area contributed by atoms with Crippen molar-refractivity contribution >= 4 is 11.8 Å². The van der Waals surface area contributed by atoms with Crippen molar-refractivity contribution in [1.82, 2.24) is 10.2 Å². The van der Waals surface area contributed by atoms with Gasteiger partial charge in [-0.1, -0.05) is 124 Å². The van der Waals surface area contributed by atoms with Gasteiger partial charge in [-0.25, -0.2) is 4.79 Å². The van der Waals surface area contributed by atoms with E-state index in [1.807, 2.05) is 84.6 Å². The number of nitrogens with one attached hydrogen (secondary N) is 1. The Balaban J connectivity index is 1.19. The van der Waals surface area contributed by atoms with Gasteiger partial charge in [0.1, 0.15) is 0 Å². The number of benzene rings is 3. The minimum absolute atomic E-state index is 0.00541. The number of hydrogen-bond donors (Lipinski definition) is 3. The molecular formula is C47H56N2O4. The van der Waals surface area contributed by atoms with E-state index < -0.39 is 27.9 Å². The predicted molar refractivity (Wildman–Crippen MR) is 210 cm³/mol. The second-order valence-corrected chi connectivity index (χ2v) is 17.6. The molecule has 6 aliphatic carbocycles. The van der Waals surface area contributed by atoms with Crippen molar-refractivity contribution in [3.8, 4) is 11.1 Å². The highest BCUT2D eigenvalue weighted by atomic mass is 16.3. The largest absolute Gasteiger partial charge is 0.393 e. The first kappa shape index (κ1) is 36.0. The van der Waals surface area contributed by atoms with Gasteiger partial charge in [0, 0.05) is 33.9 Å². The van der Waals surface area contributed by atoms with Crippen LogP contribution < -0.4 is 5.32 Å². The van der Waals surface area contributed by atoms with Crippen molar-refractivity contribution in [2.24, 2.45) is 33.5 Å². The van der Waals surface area contributed by atoms with Crippen LogP contribution in [0, 0.1) is 33.5 Å². The maximum absolute atomic E-state index is 15.4. The molecule has 6 nitrogen and oxygen atoms in total. The third-order valence-corrected chi connectivity index (χ3v) is 15.1. The number of fused-ring (bicyclic) bond motifs is 1. The van der Waals surface area contributed by atoms with E-state index in [9.17, 15) is 15.0 Å². The Morgan fingerprint density at radius 3 is 2.23 bits per heavy atom. The molecule has 6 aliphatic rings. The number of aliphatic hydroxyl groups excluding tert-OH is 1. The van der Waals surface area contributed by atoms with Crippen LogP contribution >= 0.6 is 0 Å². The zero-order chi connectivity index (χ0) is 37.2. The van der Waals surface area contributed by atoms with Crippen LogP contribution in [0.3, 0.4) is 0 Å². The SMILES string of the molecule is CCCN(C[C@]1(O)CC[C@H]2[C@]34C=C[C@@]5(C=C3C(=O)c3ccccc3-c3ccccc3)CC(O)CC[C@]5(C)[C@H]4CC[C@@]21C)C(=O)N[C@H](C)c1ccccc1. The fourth-order valence-corrected chi connectivity index (χ4v) is 12.2. The first-order chi connectivity index (χ1) is 25.4. The first-order valence-electron chi connectivity index (χ1n) is 20.1. The number of ketones is 1. The first-order valence-corrected chi connectivity index (χ1v) is 20.1. The molecule has 0 radical (unpaired) electrons. The summed E-state index contributed by atoms with van der Waals surface area (Å²) in [4.78, 5) is 31.2. The molecule has 3 N–H and O–H groups in total. The average Bonchev–Trinajstić information content (AvgIpc) is 3.44. The number of carbonyl (C=O) groups is 2. The molecule has 6 heteroatoms. The maximum Gasteiger partial charge on any atom is 0.317 e. The summed E-state index contributed by atoms with van der Waals surface area (Å²) < 4.78 is 0. The molecule has 3 fully saturated rings. The highest BCUT2D eigenvalue weighted by molar-refractivity contribution is 6.14. The van der Waals surface area contributed by atoms with E-state index in [0.717, 1.165) is 60.8 Å². The van der Waals surface area contributed by atoms with Crippen LogP contribution in [0.2, 0.25) is 0 Å². The number of carbonyl (C=O) groups excluding carboxylic acids is 2. The van der Waals surface area contributed by atoms with Crippen molar-refractivity contribution in [3.63, 3.8) is 0 Å². The maximum atomic E-state index is 15.4. The van der Waals surface area contributed by atoms with E-state index in [1.165, 1.54) is 0 Å². The Bertz CT molecular complexity index is 1940. The van der Waals surface area contributed by atoms with E-state index in [4.69, 9.17) is 0 Å². The van der Waals surface area contributed by atoms with Gasteiger partial charge in [-0.15, -0.1) is 0 Å². The van der Waals surface area contributed by atoms with E-state index in [1.54, 1.807) is 0 Å². The average molecular weight is 713 g/mol. The minimum Gasteiger partial charge on any atom is -0.393 e. The summed E-state index contributed by atoms with van der Waals surface area (Å²) in [5.74, 6) is 0.259. The van der Waals surface area contributed by atoms with Crippen LogP contribution in [0.4, 0.5) is 4.79 Å². The van der Waals surface area contributed by atoms with Crippen LogP contribution in [-0.2, 0) is 0 Å². The number of amides is 2. The molecule has 3 aromatic carbocycles. The molecule has 2 bridgehead atoms. The second kappa shape index (κ2) is 13.1. The van der Waals surface area contributed by atoms with Crippen molar-refractivity contribution in [1.29, 1.82) is 0 Å². The van der Waals surface area contributed by atoms with Crippen molar-refractivity contribution < 1.29 is 19.8 Å². The number of rotatable bonds is 9. The summed E-state index contributed by atoms with van der Waals surface area (Å²) in [6.07, 6.45) is 12.7. The standard InChI is InChI=1S/C47H56N2O4/c1-5-28-49(42(52)48-32(2)33-14-8-6-9-15-33)31-46(53)25-22-40-44(46,4)24-21-39-43(3)23-20-35(50)29-45(43)26-27-47(39,40)38(30-45)41(51)37-19-13-12-18-36(37)34-16-10-7-11-17-34/h6-19,26-27,30,32,35,39-40,50,53H,5,20-25,28-29,31H2,1-4H3,(H,48,52)/t32-,35?,39-,40-,43-,44+,45+,46-,47-/m1/s1. The third kappa shape index (κ3) is 5.33. The van der Waals surface area contributed by atoms with Gasteiger partial charge in [-0.3, -0.25) is 4.79 Å². The van der Waals surface area contributed by atoms with Crippen molar-refractivity contribution in [2.45, 2.75) is 96.8 Å². The Morgan fingerprint density at radius 2 is 1.49 bits per heavy atom. The fraction of sp³-hybridized carbons (Fsp3) is 0.489. The molecule has 0 saturated heterocycles. The number of allylic oxidation sites excluding steroid dienone is 4. The molecule has 53 heavy (non-hydrogen) atoms. The third-order valence-electron chi connectivity index (χ3n) is 15.1. The Morgan fingerprint density at radius 1 is 0.849 bits per heavy atom. The Hall–Kier alpha value is -4.00. The smallest absolute Gasteiger partial charge is 0.317 e. The van der Waals surface area contributed by atoms with E-state index in [0.29, 0.717) is 24.9 Å². The highest BCUT2D eigenvalue weighted by Gasteiger charge is 2.74. The zero-order valence-electron chi connectivity index (χ0n) is 31.9. The normalized spacial score (nSPS) is 35.7. The molecular weight excluding hydrogens is 657 g/mol. The number of urea groups is 1. The molecule has 9 atom stereocenters. The lowest BCUT2D eigenvalue weighted by molar-refractivity contribution is -0.174. The molecule has 3 saturated carbocycles. The fourth-order valence-electron chi connectivity index (χ4n) is 12.2. The van der Waals surface area contributed by atoms with Crippen LogP contribution in [0.1, 0.15) is 101 Å². The number of nitrogens with zero attached hydrogens (tertiary/aromatic N) is 1. The number of aliphatic hydroxyl groups is 2. The number of Topliss-reactive ketones (excluding diaryl/α,β-unsaturated/α-hetero) is 1. The summed E-state index contributed by atoms with van der Waals surface area (Å²) >= 11 is 0. The van der Waals surface area contributed by atoms with Gasteiger partial charge in [0.2, 0.25) is 0 Å². The molecule has 0 heterocycles. The molecule has 2 spiro atoms. The summed E-state index contributed by atoms with van der Waals surface area (Å²) in [5, 5.41) is 27.4. The van der Waals surface area contributed by atoms with Gasteiger partial charge in [0.15, 0.2) is 5.78 Å². The molecule has 0 aliphatic heterocycles. The van der Waals surface area contributed by atoms with Crippen LogP contribution in [0.5, 0.6) is 0 Å². The second-order valence-electron chi connectivity index (χ2n) is 17.6.